The van der Waals surface area contributed by atoms with Gasteiger partial charge in [-0.1, -0.05) is 11.8 Å². The molecule has 31 heavy (non-hydrogen) atoms. The van der Waals surface area contributed by atoms with Gasteiger partial charge in [-0.05, 0) is 58.9 Å². The molecular weight excluding hydrogens is 434 g/mol. The maximum atomic E-state index is 13.0. The van der Waals surface area contributed by atoms with Crippen molar-refractivity contribution in [2.24, 2.45) is 0 Å². The molecule has 1 aliphatic rings. The first-order chi connectivity index (χ1) is 14.9. The summed E-state index contributed by atoms with van der Waals surface area (Å²) in [6, 6.07) is 0. The fourth-order valence-corrected chi connectivity index (χ4v) is 5.97. The highest BCUT2D eigenvalue weighted by Crippen LogP contribution is 2.39. The molecular formula is C22H31N3O4S2. The third kappa shape index (κ3) is 5.32. The van der Waals surface area contributed by atoms with E-state index >= 15 is 0 Å². The SMILES string of the molecule is CCOC(=O)c1c(NC(=O)C(C)Sc2nc(C)c(C)n2CCOC)sc2c1CCCC2. The zero-order chi connectivity index (χ0) is 22.5. The van der Waals surface area contributed by atoms with Gasteiger partial charge in [0.25, 0.3) is 0 Å². The minimum atomic E-state index is -0.378. The number of imidazole rings is 1. The number of fused-ring (bicyclic) bond motifs is 1. The van der Waals surface area contributed by atoms with Crippen molar-refractivity contribution < 1.29 is 19.1 Å². The second-order valence-corrected chi connectivity index (χ2v) is 10.0. The number of hydrogen-bond donors (Lipinski definition) is 1. The molecule has 0 radical (unpaired) electrons. The maximum Gasteiger partial charge on any atom is 0.341 e. The summed E-state index contributed by atoms with van der Waals surface area (Å²) >= 11 is 2.92. The summed E-state index contributed by atoms with van der Waals surface area (Å²) < 4.78 is 12.6. The fourth-order valence-electron chi connectivity index (χ4n) is 3.66. The lowest BCUT2D eigenvalue weighted by Gasteiger charge is -2.14. The van der Waals surface area contributed by atoms with E-state index in [0.29, 0.717) is 30.3 Å². The van der Waals surface area contributed by atoms with Crippen LogP contribution in [0.25, 0.3) is 0 Å². The van der Waals surface area contributed by atoms with E-state index in [4.69, 9.17) is 9.47 Å². The number of methoxy groups -OCH3 is 1. The molecule has 1 N–H and O–H groups in total. The first kappa shape index (κ1) is 23.8. The molecule has 2 heterocycles. The Hall–Kier alpha value is -1.84. The molecule has 1 unspecified atom stereocenters. The molecule has 0 aromatic carbocycles. The maximum absolute atomic E-state index is 13.0. The summed E-state index contributed by atoms with van der Waals surface area (Å²) in [5, 5.41) is 4.04. The average molecular weight is 466 g/mol. The number of thiophene rings is 1. The number of nitrogens with zero attached hydrogens (tertiary/aromatic N) is 2. The van der Waals surface area contributed by atoms with Crippen LogP contribution in [0.1, 0.15) is 58.9 Å². The van der Waals surface area contributed by atoms with Crippen LogP contribution in [0.2, 0.25) is 0 Å². The van der Waals surface area contributed by atoms with E-state index in [2.05, 4.69) is 14.9 Å². The molecule has 2 aromatic rings. The average Bonchev–Trinajstić information content (AvgIpc) is 3.23. The number of hydrogen-bond acceptors (Lipinski definition) is 7. The van der Waals surface area contributed by atoms with E-state index in [0.717, 1.165) is 47.8 Å². The highest BCUT2D eigenvalue weighted by molar-refractivity contribution is 8.00. The molecule has 7 nitrogen and oxygen atoms in total. The quantitative estimate of drug-likeness (QED) is 0.437. The van der Waals surface area contributed by atoms with Gasteiger partial charge in [0.15, 0.2) is 5.16 Å². The number of carbonyl (C=O) groups is 2. The van der Waals surface area contributed by atoms with Crippen molar-refractivity contribution in [3.63, 3.8) is 0 Å². The molecule has 1 atom stereocenters. The lowest BCUT2D eigenvalue weighted by atomic mass is 9.95. The second-order valence-electron chi connectivity index (χ2n) is 7.59. The molecule has 170 valence electrons. The van der Waals surface area contributed by atoms with Crippen molar-refractivity contribution >= 4 is 40.0 Å². The smallest absolute Gasteiger partial charge is 0.341 e. The minimum absolute atomic E-state index is 0.147. The summed E-state index contributed by atoms with van der Waals surface area (Å²) in [5.74, 6) is -0.496. The van der Waals surface area contributed by atoms with Crippen LogP contribution in [-0.2, 0) is 33.7 Å². The Kier molecular flexibility index (Phi) is 8.18. The topological polar surface area (TPSA) is 82.5 Å². The van der Waals surface area contributed by atoms with E-state index in [-0.39, 0.29) is 17.1 Å². The van der Waals surface area contributed by atoms with Crippen LogP contribution >= 0.6 is 23.1 Å². The van der Waals surface area contributed by atoms with Crippen molar-refractivity contribution in [1.29, 1.82) is 0 Å². The number of amides is 1. The molecule has 3 rings (SSSR count). The first-order valence-corrected chi connectivity index (χ1v) is 12.4. The number of aromatic nitrogens is 2. The molecule has 0 saturated carbocycles. The molecule has 0 bridgehead atoms. The second kappa shape index (κ2) is 10.7. The van der Waals surface area contributed by atoms with Crippen LogP contribution in [0.4, 0.5) is 5.00 Å². The monoisotopic (exact) mass is 465 g/mol. The van der Waals surface area contributed by atoms with E-state index in [9.17, 15) is 9.59 Å². The van der Waals surface area contributed by atoms with E-state index < -0.39 is 0 Å². The van der Waals surface area contributed by atoms with Gasteiger partial charge in [-0.3, -0.25) is 4.79 Å². The number of rotatable bonds is 9. The molecule has 0 saturated heterocycles. The van der Waals surface area contributed by atoms with Gasteiger partial charge < -0.3 is 19.4 Å². The van der Waals surface area contributed by atoms with Gasteiger partial charge in [0, 0.05) is 24.2 Å². The van der Waals surface area contributed by atoms with Gasteiger partial charge in [-0.2, -0.15) is 0 Å². The summed E-state index contributed by atoms with van der Waals surface area (Å²) in [6.07, 6.45) is 3.97. The molecule has 9 heteroatoms. The summed E-state index contributed by atoms with van der Waals surface area (Å²) in [4.78, 5) is 31.5. The van der Waals surface area contributed by atoms with Crippen LogP contribution in [0.15, 0.2) is 5.16 Å². The van der Waals surface area contributed by atoms with E-state index in [1.165, 1.54) is 28.0 Å². The largest absolute Gasteiger partial charge is 0.462 e. The first-order valence-electron chi connectivity index (χ1n) is 10.7. The molecule has 1 aliphatic carbocycles. The minimum Gasteiger partial charge on any atom is -0.462 e. The predicted octanol–water partition coefficient (Wildman–Crippen LogP) is 4.38. The number of ether oxygens (including phenoxy) is 2. The zero-order valence-corrected chi connectivity index (χ0v) is 20.5. The van der Waals surface area contributed by atoms with E-state index in [1.54, 1.807) is 14.0 Å². The van der Waals surface area contributed by atoms with Crippen LogP contribution in [-0.4, -0.2) is 47.0 Å². The Balaban J connectivity index is 1.78. The number of nitrogens with one attached hydrogen (secondary N) is 1. The lowest BCUT2D eigenvalue weighted by Crippen LogP contribution is -2.24. The highest BCUT2D eigenvalue weighted by Gasteiger charge is 2.28. The molecule has 0 fully saturated rings. The number of aryl methyl sites for hydroxylation is 2. The Morgan fingerprint density at radius 1 is 1.29 bits per heavy atom. The third-order valence-corrected chi connectivity index (χ3v) is 7.78. The van der Waals surface area contributed by atoms with Crippen LogP contribution in [0.5, 0.6) is 0 Å². The van der Waals surface area contributed by atoms with Crippen molar-refractivity contribution in [2.45, 2.75) is 70.3 Å². The standard InChI is InChI=1S/C22H31N3O4S2/c1-6-29-21(27)18-16-9-7-8-10-17(16)31-20(18)24-19(26)15(4)30-22-23-13(2)14(3)25(22)11-12-28-5/h15H,6-12H2,1-5H3,(H,24,26). The van der Waals surface area contributed by atoms with Crippen LogP contribution in [0.3, 0.4) is 0 Å². The Labute approximate surface area is 191 Å². The Bertz CT molecular complexity index is 951. The van der Waals surface area contributed by atoms with Gasteiger partial charge in [-0.25, -0.2) is 9.78 Å². The number of carbonyl (C=O) groups excluding carboxylic acids is 2. The predicted molar refractivity (Wildman–Crippen MR) is 124 cm³/mol. The van der Waals surface area contributed by atoms with Gasteiger partial charge >= 0.3 is 5.97 Å². The van der Waals surface area contributed by atoms with Gasteiger partial charge in [0.1, 0.15) is 5.00 Å². The van der Waals surface area contributed by atoms with Gasteiger partial charge in [0.05, 0.1) is 29.7 Å². The summed E-state index contributed by atoms with van der Waals surface area (Å²) in [6.45, 7) is 9.22. The highest BCUT2D eigenvalue weighted by atomic mass is 32.2. The fraction of sp³-hybridized carbons (Fsp3) is 0.591. The number of esters is 1. The van der Waals surface area contributed by atoms with Crippen molar-refractivity contribution in [2.75, 3.05) is 25.6 Å². The normalized spacial score (nSPS) is 14.2. The van der Waals surface area contributed by atoms with Crippen LogP contribution in [0, 0.1) is 13.8 Å². The Morgan fingerprint density at radius 2 is 2.03 bits per heavy atom. The van der Waals surface area contributed by atoms with Gasteiger partial charge in [-0.15, -0.1) is 11.3 Å². The Morgan fingerprint density at radius 3 is 2.74 bits per heavy atom. The number of anilines is 1. The summed E-state index contributed by atoms with van der Waals surface area (Å²) in [7, 11) is 1.67. The van der Waals surface area contributed by atoms with E-state index in [1.807, 2.05) is 20.8 Å². The summed E-state index contributed by atoms with van der Waals surface area (Å²) in [5.41, 5.74) is 3.61. The number of thioether (sulfide) groups is 1. The van der Waals surface area contributed by atoms with Crippen molar-refractivity contribution in [3.05, 3.63) is 27.4 Å². The van der Waals surface area contributed by atoms with Crippen LogP contribution < -0.4 is 5.32 Å². The van der Waals surface area contributed by atoms with Crippen molar-refractivity contribution in [3.8, 4) is 0 Å². The van der Waals surface area contributed by atoms with Crippen molar-refractivity contribution in [1.82, 2.24) is 9.55 Å². The lowest BCUT2D eigenvalue weighted by molar-refractivity contribution is -0.115. The molecule has 0 spiro atoms. The molecule has 0 aliphatic heterocycles. The van der Waals surface area contributed by atoms with Gasteiger partial charge in [0.2, 0.25) is 5.91 Å². The zero-order valence-electron chi connectivity index (χ0n) is 18.9. The molecule has 2 aromatic heterocycles. The third-order valence-electron chi connectivity index (χ3n) is 5.48. The molecule has 1 amide bonds.